The highest BCUT2D eigenvalue weighted by atomic mass is 79.9. The topological polar surface area (TPSA) is 119 Å². The van der Waals surface area contributed by atoms with Crippen molar-refractivity contribution in [2.24, 2.45) is 5.10 Å². The van der Waals surface area contributed by atoms with E-state index in [9.17, 15) is 9.59 Å². The van der Waals surface area contributed by atoms with Gasteiger partial charge in [-0.15, -0.1) is 11.3 Å². The second kappa shape index (κ2) is 10.6. The Morgan fingerprint density at radius 3 is 2.89 bits per heavy atom. The van der Waals surface area contributed by atoms with Gasteiger partial charge in [0, 0.05) is 5.38 Å². The first-order chi connectivity index (χ1) is 13.4. The van der Waals surface area contributed by atoms with Crippen molar-refractivity contribution in [1.29, 1.82) is 0 Å². The number of hydrogen-bond donors (Lipinski definition) is 2. The van der Waals surface area contributed by atoms with E-state index in [1.54, 1.807) is 30.7 Å². The van der Waals surface area contributed by atoms with Crippen LogP contribution in [0.3, 0.4) is 0 Å². The Morgan fingerprint density at radius 1 is 1.43 bits per heavy atom. The lowest BCUT2D eigenvalue weighted by Gasteiger charge is -2.12. The zero-order valence-electron chi connectivity index (χ0n) is 15.1. The Morgan fingerprint density at radius 2 is 2.21 bits per heavy atom. The fourth-order valence-corrected chi connectivity index (χ4v) is 3.28. The third-order valence-electron chi connectivity index (χ3n) is 3.15. The van der Waals surface area contributed by atoms with Crippen LogP contribution in [0.25, 0.3) is 0 Å². The molecular weight excluding hydrogens is 454 g/mol. The van der Waals surface area contributed by atoms with E-state index in [4.69, 9.17) is 19.3 Å². The number of halogens is 1. The van der Waals surface area contributed by atoms with Crippen LogP contribution >= 0.6 is 27.3 Å². The van der Waals surface area contributed by atoms with E-state index in [-0.39, 0.29) is 12.4 Å². The number of aliphatic carboxylic acids is 1. The first-order valence-electron chi connectivity index (χ1n) is 8.04. The molecule has 0 unspecified atom stereocenters. The van der Waals surface area contributed by atoms with Gasteiger partial charge >= 0.3 is 11.9 Å². The molecule has 0 fully saturated rings. The van der Waals surface area contributed by atoms with Gasteiger partial charge in [0.2, 0.25) is 5.13 Å². The normalized spacial score (nSPS) is 10.7. The molecule has 2 aromatic rings. The van der Waals surface area contributed by atoms with Gasteiger partial charge in [0.05, 0.1) is 36.5 Å². The number of aromatic nitrogens is 1. The maximum atomic E-state index is 11.5. The van der Waals surface area contributed by atoms with E-state index in [2.05, 4.69) is 31.4 Å². The standard InChI is InChI=1S/C17H18BrN3O6S/c1-3-26-15(24)6-11-9-28-17(20-11)21-19-7-10-4-12(18)16(13(5-10)25-2)27-8-14(22)23/h4-5,7,9H,3,6,8H2,1-2H3,(H,20,21)(H,22,23). The van der Waals surface area contributed by atoms with Crippen molar-refractivity contribution in [2.45, 2.75) is 13.3 Å². The van der Waals surface area contributed by atoms with Crippen LogP contribution in [-0.2, 0) is 20.7 Å². The van der Waals surface area contributed by atoms with Crippen LogP contribution in [0.1, 0.15) is 18.2 Å². The van der Waals surface area contributed by atoms with Crippen molar-refractivity contribution in [3.05, 3.63) is 33.2 Å². The summed E-state index contributed by atoms with van der Waals surface area (Å²) >= 11 is 4.64. The summed E-state index contributed by atoms with van der Waals surface area (Å²) in [5, 5.41) is 15.1. The van der Waals surface area contributed by atoms with Gasteiger partial charge < -0.3 is 19.3 Å². The largest absolute Gasteiger partial charge is 0.493 e. The summed E-state index contributed by atoms with van der Waals surface area (Å²) in [6, 6.07) is 3.36. The number of carboxylic acids is 1. The predicted molar refractivity (Wildman–Crippen MR) is 107 cm³/mol. The number of anilines is 1. The molecule has 0 atom stereocenters. The van der Waals surface area contributed by atoms with Gasteiger partial charge in [0.25, 0.3) is 0 Å². The van der Waals surface area contributed by atoms with Gasteiger partial charge in [-0.25, -0.2) is 9.78 Å². The number of ether oxygens (including phenoxy) is 3. The number of hydrazone groups is 1. The third-order valence-corrected chi connectivity index (χ3v) is 4.53. The maximum Gasteiger partial charge on any atom is 0.341 e. The molecule has 0 bridgehead atoms. The van der Waals surface area contributed by atoms with Gasteiger partial charge in [0.15, 0.2) is 18.1 Å². The molecule has 2 N–H and O–H groups in total. The molecule has 0 radical (unpaired) electrons. The minimum Gasteiger partial charge on any atom is -0.493 e. The molecule has 0 aliphatic carbocycles. The number of nitrogens with one attached hydrogen (secondary N) is 1. The average Bonchev–Trinajstić information content (AvgIpc) is 3.07. The maximum absolute atomic E-state index is 11.5. The molecule has 0 saturated carbocycles. The molecule has 1 aromatic heterocycles. The molecule has 2 rings (SSSR count). The van der Waals surface area contributed by atoms with Crippen molar-refractivity contribution in [1.82, 2.24) is 4.98 Å². The van der Waals surface area contributed by atoms with Crippen LogP contribution in [0, 0.1) is 0 Å². The fraction of sp³-hybridized carbons (Fsp3) is 0.294. The Bertz CT molecular complexity index is 871. The van der Waals surface area contributed by atoms with Crippen LogP contribution in [0.5, 0.6) is 11.5 Å². The van der Waals surface area contributed by atoms with Crippen LogP contribution in [0.15, 0.2) is 27.1 Å². The Labute approximate surface area is 173 Å². The average molecular weight is 472 g/mol. The summed E-state index contributed by atoms with van der Waals surface area (Å²) in [5.74, 6) is -0.763. The first-order valence-corrected chi connectivity index (χ1v) is 9.71. The summed E-state index contributed by atoms with van der Waals surface area (Å²) in [6.45, 7) is 1.60. The van der Waals surface area contributed by atoms with E-state index in [0.29, 0.717) is 39.0 Å². The molecule has 9 nitrogen and oxygen atoms in total. The zero-order chi connectivity index (χ0) is 20.5. The second-order valence-electron chi connectivity index (χ2n) is 5.21. The monoisotopic (exact) mass is 471 g/mol. The Hall–Kier alpha value is -2.66. The SMILES string of the molecule is CCOC(=O)Cc1csc(NN=Cc2cc(Br)c(OCC(=O)O)c(OC)c2)n1. The molecule has 0 aliphatic heterocycles. The van der Waals surface area contributed by atoms with E-state index in [0.717, 1.165) is 0 Å². The number of methoxy groups -OCH3 is 1. The number of benzene rings is 1. The number of hydrogen-bond acceptors (Lipinski definition) is 9. The first kappa shape index (κ1) is 21.6. The molecule has 0 saturated heterocycles. The minimum atomic E-state index is -1.09. The number of nitrogens with zero attached hydrogens (tertiary/aromatic N) is 2. The number of esters is 1. The van der Waals surface area contributed by atoms with Gasteiger partial charge in [-0.05, 0) is 40.5 Å². The number of carbonyl (C=O) groups excluding carboxylic acids is 1. The summed E-state index contributed by atoms with van der Waals surface area (Å²) in [6.07, 6.45) is 1.65. The van der Waals surface area contributed by atoms with E-state index < -0.39 is 12.6 Å². The second-order valence-corrected chi connectivity index (χ2v) is 6.92. The van der Waals surface area contributed by atoms with Crippen molar-refractivity contribution in [2.75, 3.05) is 25.7 Å². The fourth-order valence-electron chi connectivity index (χ4n) is 2.05. The number of rotatable bonds is 10. The summed E-state index contributed by atoms with van der Waals surface area (Å²) < 4.78 is 15.9. The zero-order valence-corrected chi connectivity index (χ0v) is 17.5. The highest BCUT2D eigenvalue weighted by Crippen LogP contribution is 2.36. The van der Waals surface area contributed by atoms with Crippen molar-refractivity contribution < 1.29 is 28.9 Å². The smallest absolute Gasteiger partial charge is 0.341 e. The van der Waals surface area contributed by atoms with E-state index in [1.165, 1.54) is 18.4 Å². The molecule has 0 amide bonds. The van der Waals surface area contributed by atoms with Crippen LogP contribution in [-0.4, -0.2) is 48.6 Å². The third kappa shape index (κ3) is 6.50. The lowest BCUT2D eigenvalue weighted by molar-refractivity contribution is -0.142. The van der Waals surface area contributed by atoms with Crippen LogP contribution in [0.4, 0.5) is 5.13 Å². The highest BCUT2D eigenvalue weighted by molar-refractivity contribution is 9.10. The van der Waals surface area contributed by atoms with Crippen molar-refractivity contribution in [3.8, 4) is 11.5 Å². The number of carbonyl (C=O) groups is 2. The Balaban J connectivity index is 2.02. The summed E-state index contributed by atoms with van der Waals surface area (Å²) in [4.78, 5) is 26.4. The van der Waals surface area contributed by atoms with Gasteiger partial charge in [-0.1, -0.05) is 0 Å². The van der Waals surface area contributed by atoms with Gasteiger partial charge in [0.1, 0.15) is 0 Å². The van der Waals surface area contributed by atoms with Crippen LogP contribution in [0.2, 0.25) is 0 Å². The van der Waals surface area contributed by atoms with E-state index in [1.807, 2.05) is 0 Å². The van der Waals surface area contributed by atoms with Crippen molar-refractivity contribution >= 4 is 50.6 Å². The summed E-state index contributed by atoms with van der Waals surface area (Å²) in [7, 11) is 1.45. The highest BCUT2D eigenvalue weighted by Gasteiger charge is 2.13. The lowest BCUT2D eigenvalue weighted by Crippen LogP contribution is -2.10. The molecule has 150 valence electrons. The minimum absolute atomic E-state index is 0.109. The molecular formula is C17H18BrN3O6S. The lowest BCUT2D eigenvalue weighted by atomic mass is 10.2. The molecule has 11 heteroatoms. The van der Waals surface area contributed by atoms with Gasteiger partial charge in [-0.3, -0.25) is 10.2 Å². The predicted octanol–water partition coefficient (Wildman–Crippen LogP) is 2.93. The number of thiazole rings is 1. The summed E-state index contributed by atoms with van der Waals surface area (Å²) in [5.41, 5.74) is 4.07. The number of carboxylic acid groups (broad SMARTS) is 1. The van der Waals surface area contributed by atoms with Gasteiger partial charge in [-0.2, -0.15) is 5.10 Å². The Kier molecular flexibility index (Phi) is 8.20. The molecule has 1 aromatic carbocycles. The quantitative estimate of drug-likeness (QED) is 0.308. The molecule has 0 aliphatic rings. The van der Waals surface area contributed by atoms with Crippen LogP contribution < -0.4 is 14.9 Å². The van der Waals surface area contributed by atoms with Crippen molar-refractivity contribution in [3.63, 3.8) is 0 Å². The molecule has 0 spiro atoms. The van der Waals surface area contributed by atoms with E-state index >= 15 is 0 Å². The molecule has 1 heterocycles. The molecule has 28 heavy (non-hydrogen) atoms.